The number of hydrogen-bond donors (Lipinski definition) is 2. The maximum absolute atomic E-state index is 13.7. The lowest BCUT2D eigenvalue weighted by Crippen LogP contribution is -2.14. The van der Waals surface area contributed by atoms with Gasteiger partial charge < -0.3 is 10.6 Å². The van der Waals surface area contributed by atoms with E-state index < -0.39 is 17.6 Å². The van der Waals surface area contributed by atoms with Gasteiger partial charge in [-0.2, -0.15) is 8.78 Å². The highest BCUT2D eigenvalue weighted by Gasteiger charge is 2.29. The highest BCUT2D eigenvalue weighted by Crippen LogP contribution is 2.31. The second-order valence-electron chi connectivity index (χ2n) is 6.39. The summed E-state index contributed by atoms with van der Waals surface area (Å²) >= 11 is 0. The number of carbonyl (C=O) groups excluding carboxylic acids is 1. The highest BCUT2D eigenvalue weighted by atomic mass is 19.3. The van der Waals surface area contributed by atoms with Gasteiger partial charge >= 0.3 is 5.92 Å². The third-order valence-electron chi connectivity index (χ3n) is 3.72. The topological polar surface area (TPSA) is 92.7 Å². The van der Waals surface area contributed by atoms with Gasteiger partial charge in [-0.1, -0.05) is 0 Å². The molecule has 0 aromatic carbocycles. The molecule has 0 aliphatic carbocycles. The average molecular weight is 402 g/mol. The molecule has 0 spiro atoms. The van der Waals surface area contributed by atoms with E-state index in [9.17, 15) is 18.0 Å². The van der Waals surface area contributed by atoms with E-state index in [1.165, 1.54) is 43.6 Å². The van der Waals surface area contributed by atoms with Gasteiger partial charge in [-0.3, -0.25) is 9.78 Å². The molecule has 2 N–H and O–H groups in total. The first-order chi connectivity index (χ1) is 13.6. The number of pyridine rings is 2. The molecule has 0 aliphatic heterocycles. The minimum atomic E-state index is -3.23. The molecule has 3 rings (SSSR count). The van der Waals surface area contributed by atoms with E-state index in [1.807, 2.05) is 0 Å². The fourth-order valence-electron chi connectivity index (χ4n) is 2.53. The summed E-state index contributed by atoms with van der Waals surface area (Å²) in [6.45, 7) is 3.58. The zero-order chi connectivity index (χ0) is 21.2. The lowest BCUT2D eigenvalue weighted by Gasteiger charge is -2.15. The van der Waals surface area contributed by atoms with Crippen molar-refractivity contribution in [1.82, 2.24) is 19.9 Å². The van der Waals surface area contributed by atoms with Gasteiger partial charge in [0.15, 0.2) is 0 Å². The van der Waals surface area contributed by atoms with Gasteiger partial charge in [0.05, 0.1) is 11.4 Å². The van der Waals surface area contributed by atoms with Gasteiger partial charge in [0.25, 0.3) is 0 Å². The molecule has 0 atom stereocenters. The number of halogens is 3. The Morgan fingerprint density at radius 3 is 2.52 bits per heavy atom. The van der Waals surface area contributed by atoms with Crippen LogP contribution in [0.3, 0.4) is 0 Å². The van der Waals surface area contributed by atoms with E-state index in [0.29, 0.717) is 23.9 Å². The third-order valence-corrected chi connectivity index (χ3v) is 3.72. The first-order valence-corrected chi connectivity index (χ1v) is 8.52. The summed E-state index contributed by atoms with van der Waals surface area (Å²) in [7, 11) is 0. The molecule has 3 aromatic heterocycles. The minimum Gasteiger partial charge on any atom is -0.339 e. The van der Waals surface area contributed by atoms with E-state index in [4.69, 9.17) is 0 Å². The summed E-state index contributed by atoms with van der Waals surface area (Å²) in [5, 5.41) is 5.45. The molecular weight excluding hydrogens is 385 g/mol. The molecule has 3 heterocycles. The van der Waals surface area contributed by atoms with Crippen molar-refractivity contribution >= 4 is 23.2 Å². The quantitative estimate of drug-likeness (QED) is 0.665. The Bertz CT molecular complexity index is 1070. The molecule has 0 saturated carbocycles. The Kier molecular flexibility index (Phi) is 5.44. The second kappa shape index (κ2) is 7.82. The first-order valence-electron chi connectivity index (χ1n) is 8.52. The number of aryl methyl sites for hydroxylation is 1. The molecule has 10 heteroatoms. The van der Waals surface area contributed by atoms with Crippen molar-refractivity contribution in [3.8, 4) is 11.3 Å². The standard InChI is InChI=1S/C19H17F3N6O/c1-10-6-17(28-18(25-10)19(3,21)22)27-15-8-16(26-11(2)29)24-9-13(15)14-7-12(20)4-5-23-14/h4-9H,1-3H3,(H2,24,25,26,27,28,29). The summed E-state index contributed by atoms with van der Waals surface area (Å²) < 4.78 is 41.0. The van der Waals surface area contributed by atoms with Crippen LogP contribution in [0.15, 0.2) is 36.7 Å². The SMILES string of the molecule is CC(=O)Nc1cc(Nc2cc(C)nc(C(C)(F)F)n2)c(-c2cc(F)ccn2)cn1. The number of rotatable bonds is 5. The van der Waals surface area contributed by atoms with Gasteiger partial charge in [-0.15, -0.1) is 0 Å². The van der Waals surface area contributed by atoms with Crippen molar-refractivity contribution in [2.45, 2.75) is 26.7 Å². The first kappa shape index (κ1) is 20.2. The molecule has 29 heavy (non-hydrogen) atoms. The predicted octanol–water partition coefficient (Wildman–Crippen LogP) is 4.19. The van der Waals surface area contributed by atoms with Gasteiger partial charge in [0.2, 0.25) is 11.7 Å². The molecule has 150 valence electrons. The lowest BCUT2D eigenvalue weighted by molar-refractivity contribution is -0.114. The van der Waals surface area contributed by atoms with E-state index in [0.717, 1.165) is 0 Å². The molecule has 3 aromatic rings. The average Bonchev–Trinajstić information content (AvgIpc) is 2.60. The molecule has 0 saturated heterocycles. The summed E-state index contributed by atoms with van der Waals surface area (Å²) in [5.41, 5.74) is 1.33. The van der Waals surface area contributed by atoms with Crippen LogP contribution >= 0.6 is 0 Å². The number of nitrogens with one attached hydrogen (secondary N) is 2. The fraction of sp³-hybridized carbons (Fsp3) is 0.211. The van der Waals surface area contributed by atoms with Crippen molar-refractivity contribution in [2.75, 3.05) is 10.6 Å². The molecule has 1 amide bonds. The third kappa shape index (κ3) is 5.03. The molecule has 0 bridgehead atoms. The summed E-state index contributed by atoms with van der Waals surface area (Å²) in [4.78, 5) is 27.2. The largest absolute Gasteiger partial charge is 0.339 e. The highest BCUT2D eigenvalue weighted by molar-refractivity contribution is 5.89. The summed E-state index contributed by atoms with van der Waals surface area (Å²) in [6.07, 6.45) is 2.68. The Morgan fingerprint density at radius 2 is 1.86 bits per heavy atom. The van der Waals surface area contributed by atoms with Crippen LogP contribution in [-0.4, -0.2) is 25.8 Å². The van der Waals surface area contributed by atoms with Crippen LogP contribution in [0.25, 0.3) is 11.3 Å². The van der Waals surface area contributed by atoms with E-state index in [2.05, 4.69) is 30.6 Å². The van der Waals surface area contributed by atoms with Gasteiger partial charge in [-0.05, 0) is 13.0 Å². The van der Waals surface area contributed by atoms with Crippen LogP contribution in [0.5, 0.6) is 0 Å². The van der Waals surface area contributed by atoms with Crippen LogP contribution in [-0.2, 0) is 10.7 Å². The molecule has 0 unspecified atom stereocenters. The zero-order valence-electron chi connectivity index (χ0n) is 15.8. The van der Waals surface area contributed by atoms with E-state index >= 15 is 0 Å². The number of amides is 1. The number of alkyl halides is 2. The molecule has 0 fully saturated rings. The van der Waals surface area contributed by atoms with E-state index in [-0.39, 0.29) is 23.2 Å². The van der Waals surface area contributed by atoms with Crippen LogP contribution < -0.4 is 10.6 Å². The van der Waals surface area contributed by atoms with E-state index in [1.54, 1.807) is 6.92 Å². The number of nitrogens with zero attached hydrogens (tertiary/aromatic N) is 4. The number of carbonyl (C=O) groups is 1. The van der Waals surface area contributed by atoms with Crippen LogP contribution in [0.2, 0.25) is 0 Å². The summed E-state index contributed by atoms with van der Waals surface area (Å²) in [6, 6.07) is 5.36. The molecule has 7 nitrogen and oxygen atoms in total. The fourth-order valence-corrected chi connectivity index (χ4v) is 2.53. The maximum Gasteiger partial charge on any atom is 0.303 e. The normalized spacial score (nSPS) is 11.2. The van der Waals surface area contributed by atoms with Crippen molar-refractivity contribution in [1.29, 1.82) is 0 Å². The van der Waals surface area contributed by atoms with Crippen LogP contribution in [0.4, 0.5) is 30.5 Å². The smallest absolute Gasteiger partial charge is 0.303 e. The van der Waals surface area contributed by atoms with Crippen molar-refractivity contribution < 1.29 is 18.0 Å². The molecule has 0 aliphatic rings. The van der Waals surface area contributed by atoms with Crippen LogP contribution in [0.1, 0.15) is 25.4 Å². The number of hydrogen-bond acceptors (Lipinski definition) is 6. The van der Waals surface area contributed by atoms with Crippen LogP contribution in [0, 0.1) is 12.7 Å². The Morgan fingerprint density at radius 1 is 1.10 bits per heavy atom. The molecule has 0 radical (unpaired) electrons. The second-order valence-corrected chi connectivity index (χ2v) is 6.39. The predicted molar refractivity (Wildman–Crippen MR) is 101 cm³/mol. The number of aromatic nitrogens is 4. The summed E-state index contributed by atoms with van der Waals surface area (Å²) in [5.74, 6) is -4.39. The Labute approximate surface area is 164 Å². The zero-order valence-corrected chi connectivity index (χ0v) is 15.8. The maximum atomic E-state index is 13.7. The van der Waals surface area contributed by atoms with Gasteiger partial charge in [0.1, 0.15) is 17.5 Å². The van der Waals surface area contributed by atoms with Crippen molar-refractivity contribution in [2.24, 2.45) is 0 Å². The molecular formula is C19H17F3N6O. The Hall–Kier alpha value is -3.56. The minimum absolute atomic E-state index is 0.103. The van der Waals surface area contributed by atoms with Gasteiger partial charge in [-0.25, -0.2) is 19.3 Å². The lowest BCUT2D eigenvalue weighted by atomic mass is 10.1. The monoisotopic (exact) mass is 402 g/mol. The number of anilines is 3. The van der Waals surface area contributed by atoms with Gasteiger partial charge in [0, 0.05) is 55.7 Å². The van der Waals surface area contributed by atoms with Crippen molar-refractivity contribution in [3.63, 3.8) is 0 Å². The van der Waals surface area contributed by atoms with Crippen molar-refractivity contribution in [3.05, 3.63) is 54.0 Å². The Balaban J connectivity index is 2.09.